The molecule has 26 heavy (non-hydrogen) atoms. The van der Waals surface area contributed by atoms with Crippen molar-refractivity contribution in [2.45, 2.75) is 6.54 Å². The number of nitrogens with zero attached hydrogens (tertiary/aromatic N) is 5. The summed E-state index contributed by atoms with van der Waals surface area (Å²) in [5, 5.41) is 12.0. The molecule has 0 radical (unpaired) electrons. The maximum atomic E-state index is 14.0. The van der Waals surface area contributed by atoms with E-state index < -0.39 is 0 Å². The summed E-state index contributed by atoms with van der Waals surface area (Å²) in [4.78, 5) is 13.1. The van der Waals surface area contributed by atoms with Crippen LogP contribution in [0.5, 0.6) is 0 Å². The summed E-state index contributed by atoms with van der Waals surface area (Å²) in [5.74, 6) is 1.34. The number of guanidine groups is 1. The van der Waals surface area contributed by atoms with E-state index in [0.29, 0.717) is 17.7 Å². The highest BCUT2D eigenvalue weighted by molar-refractivity contribution is 5.80. The molecular formula is C19H21FN6. The topological polar surface area (TPSA) is 67.6 Å². The third-order valence-corrected chi connectivity index (χ3v) is 4.38. The summed E-state index contributed by atoms with van der Waals surface area (Å²) in [6.45, 7) is 3.65. The van der Waals surface area contributed by atoms with Crippen molar-refractivity contribution in [3.8, 4) is 6.07 Å². The Kier molecular flexibility index (Phi) is 5.64. The van der Waals surface area contributed by atoms with Gasteiger partial charge in [-0.05, 0) is 24.3 Å². The number of aromatic nitrogens is 1. The zero-order valence-electron chi connectivity index (χ0n) is 14.7. The highest BCUT2D eigenvalue weighted by atomic mass is 19.1. The van der Waals surface area contributed by atoms with Crippen molar-refractivity contribution in [1.82, 2.24) is 15.2 Å². The summed E-state index contributed by atoms with van der Waals surface area (Å²) >= 11 is 0. The van der Waals surface area contributed by atoms with Crippen LogP contribution >= 0.6 is 0 Å². The minimum Gasteiger partial charge on any atom is -0.353 e. The second-order valence-electron chi connectivity index (χ2n) is 5.98. The molecule has 1 fully saturated rings. The minimum atomic E-state index is -0.382. The predicted molar refractivity (Wildman–Crippen MR) is 99.3 cm³/mol. The highest BCUT2D eigenvalue weighted by Crippen LogP contribution is 2.13. The molecule has 2 aromatic rings. The summed E-state index contributed by atoms with van der Waals surface area (Å²) in [7, 11) is 1.72. The fraction of sp³-hybridized carbons (Fsp3) is 0.316. The lowest BCUT2D eigenvalue weighted by Gasteiger charge is -2.37. The van der Waals surface area contributed by atoms with Crippen molar-refractivity contribution in [3.05, 3.63) is 59.5 Å². The summed E-state index contributed by atoms with van der Waals surface area (Å²) in [5.41, 5.74) is 0.832. The molecule has 1 aliphatic heterocycles. The third-order valence-electron chi connectivity index (χ3n) is 4.38. The first-order valence-electron chi connectivity index (χ1n) is 8.51. The molecule has 134 valence electrons. The average molecular weight is 352 g/mol. The monoisotopic (exact) mass is 352 g/mol. The highest BCUT2D eigenvalue weighted by Gasteiger charge is 2.20. The van der Waals surface area contributed by atoms with Gasteiger partial charge in [0.05, 0.1) is 11.6 Å². The number of pyridine rings is 1. The Bertz CT molecular complexity index is 807. The number of halogens is 1. The van der Waals surface area contributed by atoms with E-state index in [4.69, 9.17) is 5.26 Å². The molecule has 6 nitrogen and oxygen atoms in total. The molecule has 1 aromatic carbocycles. The van der Waals surface area contributed by atoms with Crippen LogP contribution < -0.4 is 10.2 Å². The van der Waals surface area contributed by atoms with E-state index in [0.717, 1.165) is 38.0 Å². The van der Waals surface area contributed by atoms with Crippen LogP contribution in [0.15, 0.2) is 47.6 Å². The van der Waals surface area contributed by atoms with Crippen LogP contribution in [-0.2, 0) is 6.54 Å². The van der Waals surface area contributed by atoms with Gasteiger partial charge in [0.1, 0.15) is 11.6 Å². The van der Waals surface area contributed by atoms with Crippen LogP contribution in [0.25, 0.3) is 0 Å². The lowest BCUT2D eigenvalue weighted by atomic mass is 10.1. The second kappa shape index (κ2) is 8.30. The van der Waals surface area contributed by atoms with E-state index in [9.17, 15) is 4.39 Å². The maximum absolute atomic E-state index is 14.0. The van der Waals surface area contributed by atoms with Crippen LogP contribution in [-0.4, -0.2) is 49.1 Å². The van der Waals surface area contributed by atoms with Crippen LogP contribution in [0, 0.1) is 17.1 Å². The number of aliphatic imine (C=N–C) groups is 1. The van der Waals surface area contributed by atoms with Crippen LogP contribution in [0.1, 0.15) is 11.1 Å². The van der Waals surface area contributed by atoms with Gasteiger partial charge in [-0.2, -0.15) is 5.26 Å². The molecule has 0 amide bonds. The van der Waals surface area contributed by atoms with Crippen molar-refractivity contribution >= 4 is 11.8 Å². The average Bonchev–Trinajstić information content (AvgIpc) is 2.70. The summed E-state index contributed by atoms with van der Waals surface area (Å²) in [6.07, 6.45) is 1.80. The quantitative estimate of drug-likeness (QED) is 0.676. The van der Waals surface area contributed by atoms with Gasteiger partial charge in [-0.1, -0.05) is 12.1 Å². The Morgan fingerprint density at radius 3 is 2.69 bits per heavy atom. The zero-order valence-corrected chi connectivity index (χ0v) is 14.7. The largest absolute Gasteiger partial charge is 0.353 e. The molecule has 3 rings (SSSR count). The smallest absolute Gasteiger partial charge is 0.194 e. The van der Waals surface area contributed by atoms with Gasteiger partial charge >= 0.3 is 0 Å². The van der Waals surface area contributed by atoms with E-state index in [-0.39, 0.29) is 5.82 Å². The van der Waals surface area contributed by atoms with Crippen molar-refractivity contribution in [2.24, 2.45) is 4.99 Å². The van der Waals surface area contributed by atoms with Crippen molar-refractivity contribution in [1.29, 1.82) is 5.26 Å². The molecule has 1 N–H and O–H groups in total. The number of rotatable bonds is 3. The van der Waals surface area contributed by atoms with Gasteiger partial charge in [0.2, 0.25) is 0 Å². The normalized spacial score (nSPS) is 14.9. The van der Waals surface area contributed by atoms with Crippen LogP contribution in [0.3, 0.4) is 0 Å². The van der Waals surface area contributed by atoms with E-state index in [1.165, 1.54) is 6.07 Å². The number of hydrogen-bond acceptors (Lipinski definition) is 4. The van der Waals surface area contributed by atoms with Crippen molar-refractivity contribution in [2.75, 3.05) is 38.1 Å². The lowest BCUT2D eigenvalue weighted by Crippen LogP contribution is -2.52. The van der Waals surface area contributed by atoms with Gasteiger partial charge in [-0.3, -0.25) is 4.99 Å². The van der Waals surface area contributed by atoms with Crippen LogP contribution in [0.2, 0.25) is 0 Å². The Balaban J connectivity index is 1.56. The molecule has 1 aliphatic rings. The van der Waals surface area contributed by atoms with Gasteiger partial charge in [-0.25, -0.2) is 9.37 Å². The van der Waals surface area contributed by atoms with Gasteiger partial charge in [0, 0.05) is 51.5 Å². The second-order valence-corrected chi connectivity index (χ2v) is 5.98. The van der Waals surface area contributed by atoms with Gasteiger partial charge in [0.25, 0.3) is 0 Å². The molecule has 0 aliphatic carbocycles. The first-order chi connectivity index (χ1) is 12.7. The van der Waals surface area contributed by atoms with Gasteiger partial charge < -0.3 is 15.1 Å². The van der Waals surface area contributed by atoms with Gasteiger partial charge in [-0.15, -0.1) is 0 Å². The summed E-state index contributed by atoms with van der Waals surface area (Å²) < 4.78 is 14.0. The van der Waals surface area contributed by atoms with E-state index in [1.54, 1.807) is 25.4 Å². The number of nitrogens with one attached hydrogen (secondary N) is 1. The summed E-state index contributed by atoms with van der Waals surface area (Å²) in [6, 6.07) is 12.4. The molecule has 0 saturated carbocycles. The molecule has 0 bridgehead atoms. The molecule has 1 saturated heterocycles. The Morgan fingerprint density at radius 1 is 1.27 bits per heavy atom. The zero-order chi connectivity index (χ0) is 18.4. The van der Waals surface area contributed by atoms with Crippen LogP contribution in [0.4, 0.5) is 10.2 Å². The molecule has 0 unspecified atom stereocenters. The molecule has 1 aromatic heterocycles. The number of benzene rings is 1. The van der Waals surface area contributed by atoms with E-state index in [1.807, 2.05) is 24.3 Å². The number of nitriles is 1. The predicted octanol–water partition coefficient (Wildman–Crippen LogP) is 1.99. The van der Waals surface area contributed by atoms with Crippen molar-refractivity contribution < 1.29 is 4.39 Å². The first-order valence-corrected chi connectivity index (χ1v) is 8.51. The molecule has 7 heteroatoms. The van der Waals surface area contributed by atoms with E-state index >= 15 is 0 Å². The fourth-order valence-electron chi connectivity index (χ4n) is 2.95. The third kappa shape index (κ3) is 4.09. The van der Waals surface area contributed by atoms with Gasteiger partial charge in [0.15, 0.2) is 5.96 Å². The van der Waals surface area contributed by atoms with E-state index in [2.05, 4.69) is 25.1 Å². The Morgan fingerprint density at radius 2 is 2.08 bits per heavy atom. The first kappa shape index (κ1) is 17.7. The van der Waals surface area contributed by atoms with Crippen molar-refractivity contribution in [3.63, 3.8) is 0 Å². The lowest BCUT2D eigenvalue weighted by molar-refractivity contribution is 0.371. The molecule has 0 atom stereocenters. The maximum Gasteiger partial charge on any atom is 0.194 e. The molecular weight excluding hydrogens is 331 g/mol. The fourth-order valence-corrected chi connectivity index (χ4v) is 2.95. The minimum absolute atomic E-state index is 0.321. The molecule has 2 heterocycles. The molecule has 0 spiro atoms. The Labute approximate surface area is 152 Å². The number of piperazine rings is 1. The standard InChI is InChI=1S/C19H21FN6/c1-22-19(24-14-16-6-5-15(13-21)12-17(16)20)26-10-8-25(9-11-26)18-4-2-3-7-23-18/h2-7,12H,8-11,14H2,1H3,(H,22,24). The SMILES string of the molecule is CN=C(NCc1ccc(C#N)cc1F)N1CCN(c2ccccn2)CC1. The number of anilines is 1. The Hall–Kier alpha value is -3.14. The number of hydrogen-bond donors (Lipinski definition) is 1.